The first-order valence-electron chi connectivity index (χ1n) is 8.59. The van der Waals surface area contributed by atoms with Gasteiger partial charge in [-0.15, -0.1) is 0 Å². The van der Waals surface area contributed by atoms with E-state index in [4.69, 9.17) is 10.5 Å². The SMILES string of the molecule is CCn1c(C2CCN(C(=O)c3cnc(COC)nc3N)CC2)n[nH]c1=O. The van der Waals surface area contributed by atoms with E-state index in [1.807, 2.05) is 6.92 Å². The van der Waals surface area contributed by atoms with Crippen LogP contribution in [0.25, 0.3) is 0 Å². The van der Waals surface area contributed by atoms with Crippen LogP contribution in [-0.4, -0.2) is 55.7 Å². The van der Waals surface area contributed by atoms with Gasteiger partial charge in [0.2, 0.25) is 0 Å². The van der Waals surface area contributed by atoms with Crippen molar-refractivity contribution in [2.24, 2.45) is 0 Å². The molecule has 3 heterocycles. The van der Waals surface area contributed by atoms with Crippen LogP contribution in [-0.2, 0) is 17.9 Å². The van der Waals surface area contributed by atoms with Crippen LogP contribution in [0, 0.1) is 0 Å². The molecule has 3 N–H and O–H groups in total. The van der Waals surface area contributed by atoms with E-state index in [9.17, 15) is 9.59 Å². The Labute approximate surface area is 150 Å². The lowest BCUT2D eigenvalue weighted by Crippen LogP contribution is -2.39. The Hall–Kier alpha value is -2.75. The normalized spacial score (nSPS) is 15.4. The summed E-state index contributed by atoms with van der Waals surface area (Å²) in [6.07, 6.45) is 2.92. The van der Waals surface area contributed by atoms with Gasteiger partial charge >= 0.3 is 5.69 Å². The highest BCUT2D eigenvalue weighted by molar-refractivity contribution is 5.98. The first-order chi connectivity index (χ1) is 12.5. The second kappa shape index (κ2) is 7.65. The van der Waals surface area contributed by atoms with E-state index in [1.165, 1.54) is 6.20 Å². The third-order valence-electron chi connectivity index (χ3n) is 4.62. The van der Waals surface area contributed by atoms with Gasteiger partial charge in [-0.1, -0.05) is 0 Å². The molecular formula is C16H23N7O3. The number of nitrogens with one attached hydrogen (secondary N) is 1. The highest BCUT2D eigenvalue weighted by Gasteiger charge is 2.29. The van der Waals surface area contributed by atoms with E-state index >= 15 is 0 Å². The zero-order chi connectivity index (χ0) is 18.7. The van der Waals surface area contributed by atoms with Crippen LogP contribution in [0.4, 0.5) is 5.82 Å². The van der Waals surface area contributed by atoms with Crippen molar-refractivity contribution in [3.8, 4) is 0 Å². The number of carbonyl (C=O) groups is 1. The van der Waals surface area contributed by atoms with Gasteiger partial charge in [0, 0.05) is 38.9 Å². The summed E-state index contributed by atoms with van der Waals surface area (Å²) >= 11 is 0. The van der Waals surface area contributed by atoms with Crippen molar-refractivity contribution in [2.75, 3.05) is 25.9 Å². The number of carbonyl (C=O) groups excluding carboxylic acids is 1. The van der Waals surface area contributed by atoms with Gasteiger partial charge in [0.05, 0.1) is 0 Å². The Morgan fingerprint density at radius 2 is 2.15 bits per heavy atom. The average Bonchev–Trinajstić information content (AvgIpc) is 3.02. The maximum absolute atomic E-state index is 12.7. The molecule has 0 aromatic carbocycles. The van der Waals surface area contributed by atoms with Crippen LogP contribution in [0.15, 0.2) is 11.0 Å². The Kier molecular flexibility index (Phi) is 5.31. The molecule has 0 saturated carbocycles. The number of H-pyrrole nitrogens is 1. The number of hydrogen-bond acceptors (Lipinski definition) is 7. The van der Waals surface area contributed by atoms with Gasteiger partial charge in [-0.05, 0) is 19.8 Å². The number of aromatic nitrogens is 5. The molecule has 140 valence electrons. The number of ether oxygens (including phenoxy) is 1. The van der Waals surface area contributed by atoms with Gasteiger partial charge in [0.25, 0.3) is 5.91 Å². The number of likely N-dealkylation sites (tertiary alicyclic amines) is 1. The lowest BCUT2D eigenvalue weighted by Gasteiger charge is -2.31. The van der Waals surface area contributed by atoms with Crippen molar-refractivity contribution in [3.05, 3.63) is 33.9 Å². The number of nitrogen functional groups attached to an aromatic ring is 1. The fourth-order valence-corrected chi connectivity index (χ4v) is 3.25. The molecular weight excluding hydrogens is 338 g/mol. The molecule has 0 atom stereocenters. The van der Waals surface area contributed by atoms with E-state index in [1.54, 1.807) is 16.6 Å². The Morgan fingerprint density at radius 1 is 1.42 bits per heavy atom. The number of nitrogens with two attached hydrogens (primary N) is 1. The van der Waals surface area contributed by atoms with Crippen molar-refractivity contribution in [1.82, 2.24) is 29.6 Å². The third kappa shape index (κ3) is 3.45. The number of amides is 1. The molecule has 10 nitrogen and oxygen atoms in total. The summed E-state index contributed by atoms with van der Waals surface area (Å²) in [6.45, 7) is 3.86. The molecule has 1 saturated heterocycles. The summed E-state index contributed by atoms with van der Waals surface area (Å²) in [5.74, 6) is 1.33. The van der Waals surface area contributed by atoms with E-state index in [-0.39, 0.29) is 29.9 Å². The standard InChI is InChI=1S/C16H23N7O3/c1-3-23-14(20-21-16(23)25)10-4-6-22(7-5-10)15(24)11-8-18-12(9-26-2)19-13(11)17/h8,10H,3-7,9H2,1-2H3,(H,21,25)(H2,17,18,19). The first-order valence-corrected chi connectivity index (χ1v) is 8.59. The van der Waals surface area contributed by atoms with Crippen LogP contribution in [0.1, 0.15) is 47.7 Å². The molecule has 0 aliphatic carbocycles. The molecule has 0 unspecified atom stereocenters. The zero-order valence-electron chi connectivity index (χ0n) is 14.9. The fourth-order valence-electron chi connectivity index (χ4n) is 3.25. The van der Waals surface area contributed by atoms with Crippen molar-refractivity contribution >= 4 is 11.7 Å². The molecule has 1 amide bonds. The second-order valence-electron chi connectivity index (χ2n) is 6.22. The Bertz CT molecular complexity index is 837. The van der Waals surface area contributed by atoms with Crippen molar-refractivity contribution in [2.45, 2.75) is 38.8 Å². The highest BCUT2D eigenvalue weighted by Crippen LogP contribution is 2.27. The highest BCUT2D eigenvalue weighted by atomic mass is 16.5. The summed E-state index contributed by atoms with van der Waals surface area (Å²) < 4.78 is 6.61. The minimum Gasteiger partial charge on any atom is -0.383 e. The van der Waals surface area contributed by atoms with Crippen LogP contribution in [0.5, 0.6) is 0 Å². The van der Waals surface area contributed by atoms with Gasteiger partial charge in [0.1, 0.15) is 23.8 Å². The maximum Gasteiger partial charge on any atom is 0.343 e. The number of anilines is 1. The summed E-state index contributed by atoms with van der Waals surface area (Å²) in [4.78, 5) is 34.4. The molecule has 0 radical (unpaired) electrons. The predicted octanol–water partition coefficient (Wildman–Crippen LogP) is 0.130. The first kappa shape index (κ1) is 18.1. The smallest absolute Gasteiger partial charge is 0.343 e. The molecule has 10 heteroatoms. The predicted molar refractivity (Wildman–Crippen MR) is 93.6 cm³/mol. The minimum atomic E-state index is -0.193. The summed E-state index contributed by atoms with van der Waals surface area (Å²) in [5.41, 5.74) is 6.02. The maximum atomic E-state index is 12.7. The number of piperidine rings is 1. The van der Waals surface area contributed by atoms with Gasteiger partial charge in [0.15, 0.2) is 5.82 Å². The van der Waals surface area contributed by atoms with Crippen molar-refractivity contribution < 1.29 is 9.53 Å². The monoisotopic (exact) mass is 361 g/mol. The van der Waals surface area contributed by atoms with Crippen LogP contribution in [0.3, 0.4) is 0 Å². The Balaban J connectivity index is 1.68. The molecule has 1 aliphatic heterocycles. The number of methoxy groups -OCH3 is 1. The van der Waals surface area contributed by atoms with Crippen LogP contribution < -0.4 is 11.4 Å². The molecule has 1 aliphatic rings. The molecule has 0 spiro atoms. The minimum absolute atomic E-state index is 0.149. The molecule has 2 aromatic heterocycles. The topological polar surface area (TPSA) is 132 Å². The van der Waals surface area contributed by atoms with Gasteiger partial charge in [-0.2, -0.15) is 5.10 Å². The number of nitrogens with zero attached hydrogens (tertiary/aromatic N) is 5. The van der Waals surface area contributed by atoms with Crippen molar-refractivity contribution in [1.29, 1.82) is 0 Å². The summed E-state index contributed by atoms with van der Waals surface area (Å²) in [7, 11) is 1.54. The largest absolute Gasteiger partial charge is 0.383 e. The summed E-state index contributed by atoms with van der Waals surface area (Å²) in [5, 5.41) is 6.65. The zero-order valence-corrected chi connectivity index (χ0v) is 14.9. The number of aromatic amines is 1. The van der Waals surface area contributed by atoms with Crippen LogP contribution in [0.2, 0.25) is 0 Å². The van der Waals surface area contributed by atoms with Crippen molar-refractivity contribution in [3.63, 3.8) is 0 Å². The number of rotatable bonds is 5. The quantitative estimate of drug-likeness (QED) is 0.773. The third-order valence-corrected chi connectivity index (χ3v) is 4.62. The lowest BCUT2D eigenvalue weighted by atomic mass is 9.95. The van der Waals surface area contributed by atoms with E-state index in [0.29, 0.717) is 31.0 Å². The lowest BCUT2D eigenvalue weighted by molar-refractivity contribution is 0.0710. The van der Waals surface area contributed by atoms with Gasteiger partial charge in [-0.3, -0.25) is 9.36 Å². The Morgan fingerprint density at radius 3 is 2.77 bits per heavy atom. The number of hydrogen-bond donors (Lipinski definition) is 2. The van der Waals surface area contributed by atoms with Gasteiger partial charge < -0.3 is 15.4 Å². The van der Waals surface area contributed by atoms with E-state index in [0.717, 1.165) is 18.7 Å². The van der Waals surface area contributed by atoms with E-state index in [2.05, 4.69) is 20.2 Å². The second-order valence-corrected chi connectivity index (χ2v) is 6.22. The average molecular weight is 361 g/mol. The van der Waals surface area contributed by atoms with Crippen LogP contribution >= 0.6 is 0 Å². The molecule has 2 aromatic rings. The van der Waals surface area contributed by atoms with Gasteiger partial charge in [-0.25, -0.2) is 19.9 Å². The molecule has 0 bridgehead atoms. The fraction of sp³-hybridized carbons (Fsp3) is 0.562. The molecule has 1 fully saturated rings. The molecule has 26 heavy (non-hydrogen) atoms. The van der Waals surface area contributed by atoms with E-state index < -0.39 is 0 Å². The molecule has 3 rings (SSSR count). The summed E-state index contributed by atoms with van der Waals surface area (Å²) in [6, 6.07) is 0.